The number of halogens is 1. The van der Waals surface area contributed by atoms with E-state index in [-0.39, 0.29) is 5.92 Å². The number of aliphatic hydroxyl groups is 1. The van der Waals surface area contributed by atoms with E-state index in [0.29, 0.717) is 13.0 Å². The van der Waals surface area contributed by atoms with Gasteiger partial charge in [0.25, 0.3) is 0 Å². The summed E-state index contributed by atoms with van der Waals surface area (Å²) in [6, 6.07) is 8.01. The molecule has 1 aromatic rings. The molecule has 90 valence electrons. The third-order valence-electron chi connectivity index (χ3n) is 2.87. The predicted octanol–water partition coefficient (Wildman–Crippen LogP) is 3.03. The molecular weight excluding hydrogens is 268 g/mol. The molecule has 0 bridgehead atoms. The molecular formula is C13H19BrO2. The maximum atomic E-state index is 10.5. The first-order chi connectivity index (χ1) is 7.48. The molecule has 1 aromatic carbocycles. The second kappa shape index (κ2) is 5.80. The molecule has 0 fully saturated rings. The Morgan fingerprint density at radius 2 is 2.12 bits per heavy atom. The third kappa shape index (κ3) is 3.58. The van der Waals surface area contributed by atoms with E-state index in [4.69, 9.17) is 4.74 Å². The lowest BCUT2D eigenvalue weighted by Crippen LogP contribution is -2.42. The van der Waals surface area contributed by atoms with Crippen LogP contribution in [0.3, 0.4) is 0 Å². The van der Waals surface area contributed by atoms with Crippen LogP contribution >= 0.6 is 15.9 Å². The van der Waals surface area contributed by atoms with Gasteiger partial charge in [-0.2, -0.15) is 0 Å². The molecule has 1 unspecified atom stereocenters. The normalized spacial score (nSPS) is 15.1. The minimum absolute atomic E-state index is 0.159. The summed E-state index contributed by atoms with van der Waals surface area (Å²) in [6.45, 7) is 4.38. The second-order valence-corrected chi connectivity index (χ2v) is 5.41. The quantitative estimate of drug-likeness (QED) is 0.902. The number of hydrogen-bond donors (Lipinski definition) is 1. The molecule has 0 amide bonds. The lowest BCUT2D eigenvalue weighted by molar-refractivity contribution is -0.0637. The fourth-order valence-corrected chi connectivity index (χ4v) is 2.12. The van der Waals surface area contributed by atoms with Gasteiger partial charge in [-0.15, -0.1) is 0 Å². The Bertz CT molecular complexity index is 338. The van der Waals surface area contributed by atoms with Crippen molar-refractivity contribution in [3.05, 3.63) is 34.3 Å². The maximum absolute atomic E-state index is 10.5. The Morgan fingerprint density at radius 1 is 1.44 bits per heavy atom. The fourth-order valence-electron chi connectivity index (χ4n) is 1.67. The van der Waals surface area contributed by atoms with Gasteiger partial charge in [-0.05, 0) is 23.6 Å². The summed E-state index contributed by atoms with van der Waals surface area (Å²) in [5, 5.41) is 10.5. The van der Waals surface area contributed by atoms with Crippen LogP contribution in [0.15, 0.2) is 28.7 Å². The van der Waals surface area contributed by atoms with Crippen molar-refractivity contribution in [3.63, 3.8) is 0 Å². The van der Waals surface area contributed by atoms with Crippen molar-refractivity contribution >= 4 is 15.9 Å². The number of benzene rings is 1. The van der Waals surface area contributed by atoms with Gasteiger partial charge in [0.15, 0.2) is 0 Å². The number of hydrogen-bond acceptors (Lipinski definition) is 2. The van der Waals surface area contributed by atoms with Crippen molar-refractivity contribution in [2.24, 2.45) is 5.92 Å². The van der Waals surface area contributed by atoms with Crippen molar-refractivity contribution in [1.82, 2.24) is 0 Å². The Hall–Kier alpha value is -0.380. The summed E-state index contributed by atoms with van der Waals surface area (Å²) in [5.41, 5.74) is 0.317. The van der Waals surface area contributed by atoms with Crippen LogP contribution in [0.5, 0.6) is 0 Å². The van der Waals surface area contributed by atoms with E-state index >= 15 is 0 Å². The Kier molecular flexibility index (Phi) is 4.96. The molecule has 0 aliphatic heterocycles. The zero-order chi connectivity index (χ0) is 12.2. The molecule has 3 heteroatoms. The van der Waals surface area contributed by atoms with E-state index in [0.717, 1.165) is 10.0 Å². The van der Waals surface area contributed by atoms with Crippen LogP contribution in [0.2, 0.25) is 0 Å². The van der Waals surface area contributed by atoms with E-state index in [9.17, 15) is 5.11 Å². The average Bonchev–Trinajstić information content (AvgIpc) is 2.17. The van der Waals surface area contributed by atoms with Crippen LogP contribution in [-0.4, -0.2) is 24.4 Å². The van der Waals surface area contributed by atoms with Crippen LogP contribution in [0.1, 0.15) is 19.4 Å². The molecule has 0 spiro atoms. The molecule has 0 saturated carbocycles. The average molecular weight is 287 g/mol. The smallest absolute Gasteiger partial charge is 0.0942 e. The van der Waals surface area contributed by atoms with Gasteiger partial charge in [0.05, 0.1) is 12.2 Å². The molecule has 0 radical (unpaired) electrons. The molecule has 16 heavy (non-hydrogen) atoms. The SMILES string of the molecule is COCC(O)(Cc1cccc(Br)c1)C(C)C. The summed E-state index contributed by atoms with van der Waals surface area (Å²) < 4.78 is 6.14. The van der Waals surface area contributed by atoms with Crippen LogP contribution in [-0.2, 0) is 11.2 Å². The van der Waals surface area contributed by atoms with Gasteiger partial charge in [-0.25, -0.2) is 0 Å². The third-order valence-corrected chi connectivity index (χ3v) is 3.36. The molecule has 1 atom stereocenters. The van der Waals surface area contributed by atoms with E-state index < -0.39 is 5.60 Å². The molecule has 1 rings (SSSR count). The van der Waals surface area contributed by atoms with Gasteiger partial charge >= 0.3 is 0 Å². The van der Waals surface area contributed by atoms with E-state index in [1.165, 1.54) is 0 Å². The van der Waals surface area contributed by atoms with E-state index in [1.807, 2.05) is 38.1 Å². The number of methoxy groups -OCH3 is 1. The Morgan fingerprint density at radius 3 is 2.62 bits per heavy atom. The highest BCUT2D eigenvalue weighted by molar-refractivity contribution is 9.10. The predicted molar refractivity (Wildman–Crippen MR) is 69.5 cm³/mol. The van der Waals surface area contributed by atoms with Gasteiger partial charge in [-0.3, -0.25) is 0 Å². The highest BCUT2D eigenvalue weighted by Gasteiger charge is 2.31. The summed E-state index contributed by atoms with van der Waals surface area (Å²) in [5.74, 6) is 0.159. The van der Waals surface area contributed by atoms with Crippen molar-refractivity contribution < 1.29 is 9.84 Å². The van der Waals surface area contributed by atoms with E-state index in [2.05, 4.69) is 15.9 Å². The first-order valence-electron chi connectivity index (χ1n) is 5.43. The summed E-state index contributed by atoms with van der Waals surface area (Å²) in [6.07, 6.45) is 0.609. The van der Waals surface area contributed by atoms with Crippen LogP contribution in [0, 0.1) is 5.92 Å². The van der Waals surface area contributed by atoms with Gasteiger partial charge in [0.2, 0.25) is 0 Å². The zero-order valence-electron chi connectivity index (χ0n) is 10.0. The lowest BCUT2D eigenvalue weighted by Gasteiger charge is -2.31. The largest absolute Gasteiger partial charge is 0.387 e. The molecule has 0 saturated heterocycles. The Balaban J connectivity index is 2.83. The molecule has 2 nitrogen and oxygen atoms in total. The number of rotatable bonds is 5. The van der Waals surface area contributed by atoms with Crippen LogP contribution < -0.4 is 0 Å². The molecule has 0 aromatic heterocycles. The number of ether oxygens (including phenoxy) is 1. The van der Waals surface area contributed by atoms with Crippen LogP contribution in [0.25, 0.3) is 0 Å². The topological polar surface area (TPSA) is 29.5 Å². The maximum Gasteiger partial charge on any atom is 0.0942 e. The minimum Gasteiger partial charge on any atom is -0.387 e. The lowest BCUT2D eigenvalue weighted by atomic mass is 9.85. The fraction of sp³-hybridized carbons (Fsp3) is 0.538. The van der Waals surface area contributed by atoms with E-state index in [1.54, 1.807) is 7.11 Å². The summed E-state index contributed by atoms with van der Waals surface area (Å²) >= 11 is 3.43. The first-order valence-corrected chi connectivity index (χ1v) is 6.23. The highest BCUT2D eigenvalue weighted by atomic mass is 79.9. The van der Waals surface area contributed by atoms with Gasteiger partial charge < -0.3 is 9.84 Å². The molecule has 0 aliphatic rings. The zero-order valence-corrected chi connectivity index (χ0v) is 11.6. The molecule has 0 aliphatic carbocycles. The molecule has 0 heterocycles. The highest BCUT2D eigenvalue weighted by Crippen LogP contribution is 2.24. The minimum atomic E-state index is -0.796. The monoisotopic (exact) mass is 286 g/mol. The summed E-state index contributed by atoms with van der Waals surface area (Å²) in [4.78, 5) is 0. The van der Waals surface area contributed by atoms with Crippen molar-refractivity contribution in [1.29, 1.82) is 0 Å². The Labute approximate surface area is 106 Å². The molecule has 1 N–H and O–H groups in total. The van der Waals surface area contributed by atoms with Crippen LogP contribution in [0.4, 0.5) is 0 Å². The second-order valence-electron chi connectivity index (χ2n) is 4.50. The first kappa shape index (κ1) is 13.7. The summed E-state index contributed by atoms with van der Waals surface area (Å²) in [7, 11) is 1.62. The van der Waals surface area contributed by atoms with Crippen molar-refractivity contribution in [3.8, 4) is 0 Å². The van der Waals surface area contributed by atoms with Crippen molar-refractivity contribution in [2.45, 2.75) is 25.9 Å². The van der Waals surface area contributed by atoms with Gasteiger partial charge in [0.1, 0.15) is 0 Å². The standard InChI is InChI=1S/C13H19BrO2/c1-10(2)13(15,9-16-3)8-11-5-4-6-12(14)7-11/h4-7,10,15H,8-9H2,1-3H3. The van der Waals surface area contributed by atoms with Gasteiger partial charge in [0, 0.05) is 18.0 Å². The van der Waals surface area contributed by atoms with Gasteiger partial charge in [-0.1, -0.05) is 41.9 Å². The van der Waals surface area contributed by atoms with Crippen molar-refractivity contribution in [2.75, 3.05) is 13.7 Å².